The summed E-state index contributed by atoms with van der Waals surface area (Å²) in [5.74, 6) is -0.550. The van der Waals surface area contributed by atoms with E-state index < -0.39 is 12.1 Å². The number of hydrogen-bond acceptors (Lipinski definition) is 2. The maximum Gasteiger partial charge on any atom is 0.333 e. The first kappa shape index (κ1) is 9.52. The number of aliphatic carboxylic acids is 1. The SMILES string of the molecule is CCO[C@@H](C(=O)O)C1CCCC1. The molecular formula is C9H16O3. The first-order valence-corrected chi connectivity index (χ1v) is 4.60. The van der Waals surface area contributed by atoms with E-state index in [-0.39, 0.29) is 5.92 Å². The Morgan fingerprint density at radius 2 is 2.17 bits per heavy atom. The summed E-state index contributed by atoms with van der Waals surface area (Å²) in [5, 5.41) is 8.84. The van der Waals surface area contributed by atoms with E-state index in [0.717, 1.165) is 25.7 Å². The summed E-state index contributed by atoms with van der Waals surface area (Å²) in [6, 6.07) is 0. The van der Waals surface area contributed by atoms with Crippen LogP contribution in [0.15, 0.2) is 0 Å². The fourth-order valence-corrected chi connectivity index (χ4v) is 1.85. The molecule has 0 aromatic rings. The molecule has 1 aliphatic carbocycles. The monoisotopic (exact) mass is 172 g/mol. The first-order valence-electron chi connectivity index (χ1n) is 4.60. The van der Waals surface area contributed by atoms with E-state index in [1.165, 1.54) is 0 Å². The smallest absolute Gasteiger partial charge is 0.333 e. The van der Waals surface area contributed by atoms with Crippen molar-refractivity contribution in [2.75, 3.05) is 6.61 Å². The van der Waals surface area contributed by atoms with Crippen molar-refractivity contribution in [3.63, 3.8) is 0 Å². The van der Waals surface area contributed by atoms with Gasteiger partial charge in [-0.25, -0.2) is 4.79 Å². The second-order valence-corrected chi connectivity index (χ2v) is 3.26. The number of carbonyl (C=O) groups is 1. The van der Waals surface area contributed by atoms with Gasteiger partial charge in [0, 0.05) is 6.61 Å². The van der Waals surface area contributed by atoms with E-state index in [1.54, 1.807) is 0 Å². The second kappa shape index (κ2) is 4.45. The highest BCUT2D eigenvalue weighted by atomic mass is 16.5. The summed E-state index contributed by atoms with van der Waals surface area (Å²) >= 11 is 0. The number of carboxylic acids is 1. The lowest BCUT2D eigenvalue weighted by Gasteiger charge is -2.18. The molecule has 0 aliphatic heterocycles. The van der Waals surface area contributed by atoms with Crippen molar-refractivity contribution < 1.29 is 14.6 Å². The van der Waals surface area contributed by atoms with Gasteiger partial charge in [0.2, 0.25) is 0 Å². The summed E-state index contributed by atoms with van der Waals surface area (Å²) in [6.07, 6.45) is 3.77. The molecule has 1 atom stereocenters. The van der Waals surface area contributed by atoms with Crippen molar-refractivity contribution in [2.24, 2.45) is 5.92 Å². The Hall–Kier alpha value is -0.570. The number of carboxylic acid groups (broad SMARTS) is 1. The molecule has 0 unspecified atom stereocenters. The van der Waals surface area contributed by atoms with Crippen molar-refractivity contribution in [3.8, 4) is 0 Å². The molecule has 0 heterocycles. The van der Waals surface area contributed by atoms with Gasteiger partial charge in [-0.1, -0.05) is 12.8 Å². The summed E-state index contributed by atoms with van der Waals surface area (Å²) in [5.41, 5.74) is 0. The van der Waals surface area contributed by atoms with Crippen LogP contribution in [0.25, 0.3) is 0 Å². The average Bonchev–Trinajstić information content (AvgIpc) is 2.51. The van der Waals surface area contributed by atoms with Crippen molar-refractivity contribution >= 4 is 5.97 Å². The molecule has 12 heavy (non-hydrogen) atoms. The number of ether oxygens (including phenoxy) is 1. The van der Waals surface area contributed by atoms with Crippen LogP contribution in [0.1, 0.15) is 32.6 Å². The molecule has 0 radical (unpaired) electrons. The molecule has 1 N–H and O–H groups in total. The largest absolute Gasteiger partial charge is 0.479 e. The first-order chi connectivity index (χ1) is 5.75. The van der Waals surface area contributed by atoms with Gasteiger partial charge in [-0.15, -0.1) is 0 Å². The molecule has 1 fully saturated rings. The van der Waals surface area contributed by atoms with Crippen molar-refractivity contribution in [3.05, 3.63) is 0 Å². The molecule has 3 nitrogen and oxygen atoms in total. The van der Waals surface area contributed by atoms with Crippen molar-refractivity contribution in [2.45, 2.75) is 38.7 Å². The summed E-state index contributed by atoms with van der Waals surface area (Å²) < 4.78 is 5.19. The highest BCUT2D eigenvalue weighted by molar-refractivity contribution is 5.72. The Labute approximate surface area is 72.7 Å². The van der Waals surface area contributed by atoms with Gasteiger partial charge >= 0.3 is 5.97 Å². The summed E-state index contributed by atoms with van der Waals surface area (Å²) in [4.78, 5) is 10.8. The minimum Gasteiger partial charge on any atom is -0.479 e. The van der Waals surface area contributed by atoms with Crippen LogP contribution in [0.4, 0.5) is 0 Å². The predicted octanol–water partition coefficient (Wildman–Crippen LogP) is 1.67. The van der Waals surface area contributed by atoms with E-state index >= 15 is 0 Å². The highest BCUT2D eigenvalue weighted by Crippen LogP contribution is 2.29. The standard InChI is InChI=1S/C9H16O3/c1-2-12-8(9(10)11)7-5-3-4-6-7/h7-8H,2-6H2,1H3,(H,10,11)/t8-/m1/s1. The van der Waals surface area contributed by atoms with Gasteiger partial charge < -0.3 is 9.84 Å². The van der Waals surface area contributed by atoms with Crippen LogP contribution in [0, 0.1) is 5.92 Å². The number of rotatable bonds is 4. The average molecular weight is 172 g/mol. The van der Waals surface area contributed by atoms with E-state index in [1.807, 2.05) is 6.92 Å². The zero-order chi connectivity index (χ0) is 8.97. The molecule has 3 heteroatoms. The lowest BCUT2D eigenvalue weighted by atomic mass is 10.0. The third-order valence-corrected chi connectivity index (χ3v) is 2.42. The summed E-state index contributed by atoms with van der Waals surface area (Å²) in [6.45, 7) is 2.33. The van der Waals surface area contributed by atoms with E-state index in [0.29, 0.717) is 6.61 Å². The Balaban J connectivity index is 2.45. The molecule has 0 aromatic carbocycles. The van der Waals surface area contributed by atoms with Crippen LogP contribution in [-0.4, -0.2) is 23.8 Å². The Morgan fingerprint density at radius 1 is 1.58 bits per heavy atom. The molecule has 0 bridgehead atoms. The van der Waals surface area contributed by atoms with Crippen LogP contribution in [-0.2, 0) is 9.53 Å². The molecule has 0 aromatic heterocycles. The van der Waals surface area contributed by atoms with Crippen LogP contribution in [0.3, 0.4) is 0 Å². The maximum atomic E-state index is 10.8. The normalized spacial score (nSPS) is 21.1. The molecule has 1 rings (SSSR count). The quantitative estimate of drug-likeness (QED) is 0.701. The van der Waals surface area contributed by atoms with Gasteiger partial charge in [0.05, 0.1) is 0 Å². The van der Waals surface area contributed by atoms with Gasteiger partial charge in [0.1, 0.15) is 0 Å². The molecule has 0 saturated heterocycles. The Bertz CT molecular complexity index is 150. The predicted molar refractivity (Wildman–Crippen MR) is 45.0 cm³/mol. The molecule has 1 saturated carbocycles. The van der Waals surface area contributed by atoms with Gasteiger partial charge in [-0.2, -0.15) is 0 Å². The van der Waals surface area contributed by atoms with Crippen LogP contribution < -0.4 is 0 Å². The van der Waals surface area contributed by atoms with E-state index in [2.05, 4.69) is 0 Å². The summed E-state index contributed by atoms with van der Waals surface area (Å²) in [7, 11) is 0. The van der Waals surface area contributed by atoms with Gasteiger partial charge in [0.25, 0.3) is 0 Å². The lowest BCUT2D eigenvalue weighted by Crippen LogP contribution is -2.30. The fourth-order valence-electron chi connectivity index (χ4n) is 1.85. The molecular weight excluding hydrogens is 156 g/mol. The minimum atomic E-state index is -0.802. The van der Waals surface area contributed by atoms with E-state index in [4.69, 9.17) is 9.84 Å². The van der Waals surface area contributed by atoms with Crippen molar-refractivity contribution in [1.82, 2.24) is 0 Å². The zero-order valence-corrected chi connectivity index (χ0v) is 7.45. The third-order valence-electron chi connectivity index (χ3n) is 2.42. The van der Waals surface area contributed by atoms with Crippen LogP contribution in [0.5, 0.6) is 0 Å². The topological polar surface area (TPSA) is 46.5 Å². The van der Waals surface area contributed by atoms with Gasteiger partial charge in [0.15, 0.2) is 6.10 Å². The Kier molecular flexibility index (Phi) is 3.53. The minimum absolute atomic E-state index is 0.252. The van der Waals surface area contributed by atoms with Crippen molar-refractivity contribution in [1.29, 1.82) is 0 Å². The van der Waals surface area contributed by atoms with Gasteiger partial charge in [-0.05, 0) is 25.7 Å². The lowest BCUT2D eigenvalue weighted by molar-refractivity contribution is -0.153. The van der Waals surface area contributed by atoms with Crippen LogP contribution >= 0.6 is 0 Å². The molecule has 0 amide bonds. The fraction of sp³-hybridized carbons (Fsp3) is 0.889. The van der Waals surface area contributed by atoms with E-state index in [9.17, 15) is 4.79 Å². The molecule has 1 aliphatic rings. The third kappa shape index (κ3) is 2.21. The second-order valence-electron chi connectivity index (χ2n) is 3.26. The molecule has 70 valence electrons. The highest BCUT2D eigenvalue weighted by Gasteiger charge is 2.30. The maximum absolute atomic E-state index is 10.8. The zero-order valence-electron chi connectivity index (χ0n) is 7.45. The molecule has 0 spiro atoms. The Morgan fingerprint density at radius 3 is 2.58 bits per heavy atom. The number of hydrogen-bond donors (Lipinski definition) is 1. The van der Waals surface area contributed by atoms with Crippen LogP contribution in [0.2, 0.25) is 0 Å². The van der Waals surface area contributed by atoms with Gasteiger partial charge in [-0.3, -0.25) is 0 Å².